The number of hydrogen-bond donors (Lipinski definition) is 2. The minimum absolute atomic E-state index is 0.243. The summed E-state index contributed by atoms with van der Waals surface area (Å²) in [5.41, 5.74) is 0.898. The summed E-state index contributed by atoms with van der Waals surface area (Å²) in [5.74, 6) is 0. The largest absolute Gasteiger partial charge is 0.334 e. The number of carbonyl (C=O) groups excluding carboxylic acids is 1. The Bertz CT molecular complexity index is 363. The molecule has 1 aromatic rings. The van der Waals surface area contributed by atoms with Crippen molar-refractivity contribution in [3.05, 3.63) is 47.1 Å². The summed E-state index contributed by atoms with van der Waals surface area (Å²) in [7, 11) is 0. The van der Waals surface area contributed by atoms with Crippen LogP contribution in [-0.2, 0) is 6.54 Å². The standard InChI is InChI=1S/C11H13ClN2O/c1-2-7-13-11(15)14-8-9-5-3-4-6-10(9)12/h2-7H,8H2,1H3,(H2,13,14,15)/b7-2+. The molecule has 0 saturated heterocycles. The van der Waals surface area contributed by atoms with Crippen LogP contribution in [0.15, 0.2) is 36.5 Å². The van der Waals surface area contributed by atoms with Gasteiger partial charge in [-0.15, -0.1) is 0 Å². The van der Waals surface area contributed by atoms with E-state index in [0.717, 1.165) is 5.56 Å². The second-order valence-corrected chi connectivity index (χ2v) is 3.33. The van der Waals surface area contributed by atoms with E-state index in [1.54, 1.807) is 18.3 Å². The fraction of sp³-hybridized carbons (Fsp3) is 0.182. The molecule has 0 aliphatic rings. The first-order valence-corrected chi connectivity index (χ1v) is 5.00. The lowest BCUT2D eigenvalue weighted by molar-refractivity contribution is 0.243. The molecule has 2 N–H and O–H groups in total. The molecule has 0 saturated carbocycles. The molecule has 0 unspecified atom stereocenters. The monoisotopic (exact) mass is 224 g/mol. The molecule has 1 rings (SSSR count). The highest BCUT2D eigenvalue weighted by molar-refractivity contribution is 6.31. The number of carbonyl (C=O) groups is 1. The Balaban J connectivity index is 2.44. The lowest BCUT2D eigenvalue weighted by Gasteiger charge is -2.05. The van der Waals surface area contributed by atoms with E-state index in [1.807, 2.05) is 25.1 Å². The smallest absolute Gasteiger partial charge is 0.319 e. The normalized spacial score (nSPS) is 10.3. The van der Waals surface area contributed by atoms with Crippen molar-refractivity contribution in [2.45, 2.75) is 13.5 Å². The van der Waals surface area contributed by atoms with Gasteiger partial charge < -0.3 is 10.6 Å². The molecule has 0 atom stereocenters. The minimum atomic E-state index is -0.243. The number of amides is 2. The number of benzene rings is 1. The average molecular weight is 225 g/mol. The zero-order valence-electron chi connectivity index (χ0n) is 8.46. The molecule has 0 fully saturated rings. The van der Waals surface area contributed by atoms with Crippen LogP contribution in [0.4, 0.5) is 4.79 Å². The van der Waals surface area contributed by atoms with Gasteiger partial charge in [0.2, 0.25) is 0 Å². The third-order valence-corrected chi connectivity index (χ3v) is 2.15. The Morgan fingerprint density at radius 1 is 1.47 bits per heavy atom. The Hall–Kier alpha value is -1.48. The summed E-state index contributed by atoms with van der Waals surface area (Å²) in [5, 5.41) is 5.89. The summed E-state index contributed by atoms with van der Waals surface area (Å²) in [4.78, 5) is 11.2. The highest BCUT2D eigenvalue weighted by Gasteiger charge is 2.00. The van der Waals surface area contributed by atoms with Crippen molar-refractivity contribution in [3.8, 4) is 0 Å². The molecule has 0 radical (unpaired) electrons. The first-order valence-electron chi connectivity index (χ1n) is 4.63. The third-order valence-electron chi connectivity index (χ3n) is 1.78. The predicted molar refractivity (Wildman–Crippen MR) is 61.6 cm³/mol. The van der Waals surface area contributed by atoms with E-state index in [4.69, 9.17) is 11.6 Å². The highest BCUT2D eigenvalue weighted by Crippen LogP contribution is 2.13. The lowest BCUT2D eigenvalue weighted by Crippen LogP contribution is -2.31. The maximum absolute atomic E-state index is 11.2. The molecule has 2 amide bonds. The van der Waals surface area contributed by atoms with Gasteiger partial charge in [-0.1, -0.05) is 35.9 Å². The van der Waals surface area contributed by atoms with Crippen LogP contribution >= 0.6 is 11.6 Å². The van der Waals surface area contributed by atoms with Gasteiger partial charge in [-0.2, -0.15) is 0 Å². The Morgan fingerprint density at radius 2 is 2.20 bits per heavy atom. The van der Waals surface area contributed by atoms with Crippen molar-refractivity contribution in [1.29, 1.82) is 0 Å². The van der Waals surface area contributed by atoms with Crippen LogP contribution in [0.2, 0.25) is 5.02 Å². The SMILES string of the molecule is C/C=C/NC(=O)NCc1ccccc1Cl. The summed E-state index contributed by atoms with van der Waals surface area (Å²) in [6, 6.07) is 7.16. The molecule has 0 aliphatic carbocycles. The zero-order valence-corrected chi connectivity index (χ0v) is 9.21. The molecule has 0 aromatic heterocycles. The van der Waals surface area contributed by atoms with E-state index in [1.165, 1.54) is 0 Å². The van der Waals surface area contributed by atoms with Gasteiger partial charge in [-0.25, -0.2) is 4.79 Å². The van der Waals surface area contributed by atoms with Crippen molar-refractivity contribution >= 4 is 17.6 Å². The van der Waals surface area contributed by atoms with Crippen LogP contribution in [0.25, 0.3) is 0 Å². The quantitative estimate of drug-likeness (QED) is 0.815. The molecule has 0 bridgehead atoms. The van der Waals surface area contributed by atoms with Crippen LogP contribution in [-0.4, -0.2) is 6.03 Å². The molecule has 3 nitrogen and oxygen atoms in total. The molecule has 80 valence electrons. The second-order valence-electron chi connectivity index (χ2n) is 2.92. The van der Waals surface area contributed by atoms with Gasteiger partial charge in [0.25, 0.3) is 0 Å². The van der Waals surface area contributed by atoms with E-state index in [2.05, 4.69) is 10.6 Å². The van der Waals surface area contributed by atoms with Gasteiger partial charge in [0.15, 0.2) is 0 Å². The first kappa shape index (κ1) is 11.6. The average Bonchev–Trinajstić information content (AvgIpc) is 2.25. The first-order chi connectivity index (χ1) is 7.24. The molecule has 0 heterocycles. The topological polar surface area (TPSA) is 41.1 Å². The second kappa shape index (κ2) is 6.09. The van der Waals surface area contributed by atoms with Crippen molar-refractivity contribution in [2.75, 3.05) is 0 Å². The number of urea groups is 1. The van der Waals surface area contributed by atoms with Crippen molar-refractivity contribution in [3.63, 3.8) is 0 Å². The summed E-state index contributed by atoms with van der Waals surface area (Å²) >= 11 is 5.93. The molecular weight excluding hydrogens is 212 g/mol. The van der Waals surface area contributed by atoms with Gasteiger partial charge in [-0.3, -0.25) is 0 Å². The molecular formula is C11H13ClN2O. The third kappa shape index (κ3) is 4.04. The fourth-order valence-electron chi connectivity index (χ4n) is 1.03. The van der Waals surface area contributed by atoms with Gasteiger partial charge in [0.1, 0.15) is 0 Å². The number of allylic oxidation sites excluding steroid dienone is 1. The van der Waals surface area contributed by atoms with E-state index >= 15 is 0 Å². The summed E-state index contributed by atoms with van der Waals surface area (Å²) < 4.78 is 0. The van der Waals surface area contributed by atoms with Gasteiger partial charge in [0, 0.05) is 17.8 Å². The van der Waals surface area contributed by atoms with Crippen LogP contribution in [0.5, 0.6) is 0 Å². The van der Waals surface area contributed by atoms with Crippen LogP contribution in [0.1, 0.15) is 12.5 Å². The van der Waals surface area contributed by atoms with Crippen LogP contribution in [0, 0.1) is 0 Å². The van der Waals surface area contributed by atoms with Crippen molar-refractivity contribution in [2.24, 2.45) is 0 Å². The minimum Gasteiger partial charge on any atom is -0.334 e. The maximum Gasteiger partial charge on any atom is 0.319 e. The van der Waals surface area contributed by atoms with E-state index in [0.29, 0.717) is 11.6 Å². The number of rotatable bonds is 3. The zero-order chi connectivity index (χ0) is 11.1. The Kier molecular flexibility index (Phi) is 4.71. The molecule has 15 heavy (non-hydrogen) atoms. The summed E-state index contributed by atoms with van der Waals surface area (Å²) in [6.45, 7) is 2.25. The molecule has 1 aromatic carbocycles. The molecule has 4 heteroatoms. The van der Waals surface area contributed by atoms with Crippen molar-refractivity contribution in [1.82, 2.24) is 10.6 Å². The fourth-order valence-corrected chi connectivity index (χ4v) is 1.23. The maximum atomic E-state index is 11.2. The molecule has 0 aliphatic heterocycles. The van der Waals surface area contributed by atoms with Crippen molar-refractivity contribution < 1.29 is 4.79 Å². The predicted octanol–water partition coefficient (Wildman–Crippen LogP) is 2.67. The lowest BCUT2D eigenvalue weighted by atomic mass is 10.2. The van der Waals surface area contributed by atoms with E-state index < -0.39 is 0 Å². The van der Waals surface area contributed by atoms with Gasteiger partial charge in [-0.05, 0) is 18.6 Å². The Morgan fingerprint density at radius 3 is 2.87 bits per heavy atom. The van der Waals surface area contributed by atoms with Crippen LogP contribution in [0.3, 0.4) is 0 Å². The highest BCUT2D eigenvalue weighted by atomic mass is 35.5. The van der Waals surface area contributed by atoms with Gasteiger partial charge in [0.05, 0.1) is 0 Å². The summed E-state index contributed by atoms with van der Waals surface area (Å²) in [6.07, 6.45) is 3.32. The Labute approximate surface area is 94.1 Å². The number of hydrogen-bond acceptors (Lipinski definition) is 1. The van der Waals surface area contributed by atoms with Gasteiger partial charge >= 0.3 is 6.03 Å². The number of nitrogens with one attached hydrogen (secondary N) is 2. The van der Waals surface area contributed by atoms with E-state index in [-0.39, 0.29) is 6.03 Å². The molecule has 0 spiro atoms. The van der Waals surface area contributed by atoms with Crippen LogP contribution < -0.4 is 10.6 Å². The number of halogens is 1. The van der Waals surface area contributed by atoms with E-state index in [9.17, 15) is 4.79 Å².